The Morgan fingerprint density at radius 3 is 2.83 bits per heavy atom. The highest BCUT2D eigenvalue weighted by Crippen LogP contribution is 2.67. The first-order valence-electron chi connectivity index (χ1n) is 5.03. The fourth-order valence-electron chi connectivity index (χ4n) is 3.02. The molecule has 0 heterocycles. The topological polar surface area (TPSA) is 12.0 Å². The molecule has 0 saturated heterocycles. The zero-order valence-electron chi connectivity index (χ0n) is 8.30. The first-order chi connectivity index (χ1) is 5.73. The third-order valence-electron chi connectivity index (χ3n) is 3.94. The molecule has 68 valence electrons. The Balaban J connectivity index is 1.87. The molecule has 0 aromatic carbocycles. The van der Waals surface area contributed by atoms with Gasteiger partial charge in [0.1, 0.15) is 0 Å². The maximum Gasteiger partial charge on any atom is 0.0187 e. The van der Waals surface area contributed by atoms with Gasteiger partial charge in [0.15, 0.2) is 0 Å². The summed E-state index contributed by atoms with van der Waals surface area (Å²) in [5, 5.41) is 3.45. The highest BCUT2D eigenvalue weighted by molar-refractivity contribution is 5.21. The molecule has 0 bridgehead atoms. The molecule has 2 aliphatic carbocycles. The summed E-state index contributed by atoms with van der Waals surface area (Å²) in [6.07, 6.45) is 7.20. The van der Waals surface area contributed by atoms with Crippen LogP contribution in [-0.2, 0) is 0 Å². The largest absolute Gasteiger partial charge is 0.314 e. The van der Waals surface area contributed by atoms with Gasteiger partial charge in [-0.25, -0.2) is 0 Å². The average molecular weight is 165 g/mol. The Kier molecular flexibility index (Phi) is 1.80. The highest BCUT2D eigenvalue weighted by atomic mass is 15.0. The molecule has 2 fully saturated rings. The van der Waals surface area contributed by atoms with Crippen molar-refractivity contribution >= 4 is 0 Å². The lowest BCUT2D eigenvalue weighted by molar-refractivity contribution is 0.201. The number of rotatable bonds is 3. The van der Waals surface area contributed by atoms with Crippen molar-refractivity contribution in [1.82, 2.24) is 5.32 Å². The monoisotopic (exact) mass is 165 g/mol. The molecule has 4 unspecified atom stereocenters. The molecule has 0 aliphatic heterocycles. The normalized spacial score (nSPS) is 50.4. The molecule has 1 heteroatoms. The molecular formula is C11H19N. The van der Waals surface area contributed by atoms with Crippen molar-refractivity contribution in [3.05, 3.63) is 12.2 Å². The van der Waals surface area contributed by atoms with Crippen molar-refractivity contribution < 1.29 is 0 Å². The number of nitrogens with one attached hydrogen (secondary N) is 1. The van der Waals surface area contributed by atoms with Crippen molar-refractivity contribution in [2.45, 2.75) is 32.2 Å². The molecule has 4 atom stereocenters. The smallest absolute Gasteiger partial charge is 0.0187 e. The molecule has 2 aliphatic rings. The summed E-state index contributed by atoms with van der Waals surface area (Å²) in [6, 6.07) is 0. The van der Waals surface area contributed by atoms with Gasteiger partial charge in [-0.3, -0.25) is 0 Å². The zero-order valence-corrected chi connectivity index (χ0v) is 8.30. The van der Waals surface area contributed by atoms with Gasteiger partial charge in [-0.1, -0.05) is 12.2 Å². The second-order valence-corrected chi connectivity index (χ2v) is 4.53. The van der Waals surface area contributed by atoms with E-state index < -0.39 is 0 Å². The quantitative estimate of drug-likeness (QED) is 0.632. The Bertz CT molecular complexity index is 209. The van der Waals surface area contributed by atoms with E-state index in [1.54, 1.807) is 0 Å². The summed E-state index contributed by atoms with van der Waals surface area (Å²) < 4.78 is 0. The summed E-state index contributed by atoms with van der Waals surface area (Å²) in [5.41, 5.74) is 0.483. The maximum absolute atomic E-state index is 3.45. The first-order valence-corrected chi connectivity index (χ1v) is 5.03. The fraction of sp³-hybridized carbons (Fsp3) is 0.818. The molecule has 1 nitrogen and oxygen atoms in total. The van der Waals surface area contributed by atoms with Crippen LogP contribution in [0.2, 0.25) is 0 Å². The molecule has 0 aromatic heterocycles. The van der Waals surface area contributed by atoms with Crippen LogP contribution in [0.3, 0.4) is 0 Å². The second-order valence-electron chi connectivity index (χ2n) is 4.53. The summed E-state index contributed by atoms with van der Waals surface area (Å²) in [4.78, 5) is 0. The van der Waals surface area contributed by atoms with Gasteiger partial charge < -0.3 is 5.32 Å². The van der Waals surface area contributed by atoms with Gasteiger partial charge in [0.25, 0.3) is 0 Å². The van der Waals surface area contributed by atoms with E-state index in [2.05, 4.69) is 38.4 Å². The van der Waals surface area contributed by atoms with Gasteiger partial charge in [0.2, 0.25) is 0 Å². The first kappa shape index (κ1) is 8.31. The minimum atomic E-state index is 0.483. The highest BCUT2D eigenvalue weighted by Gasteiger charge is 2.67. The lowest BCUT2D eigenvalue weighted by Gasteiger charge is -2.37. The van der Waals surface area contributed by atoms with E-state index in [-0.39, 0.29) is 0 Å². The summed E-state index contributed by atoms with van der Waals surface area (Å²) in [6.45, 7) is 4.48. The van der Waals surface area contributed by atoms with Crippen molar-refractivity contribution in [2.75, 3.05) is 7.05 Å². The molecule has 0 spiro atoms. The molecule has 0 aromatic rings. The Labute approximate surface area is 75.2 Å². The minimum Gasteiger partial charge on any atom is -0.314 e. The summed E-state index contributed by atoms with van der Waals surface area (Å²) in [7, 11) is 2.10. The Hall–Kier alpha value is -0.300. The Morgan fingerprint density at radius 1 is 1.58 bits per heavy atom. The van der Waals surface area contributed by atoms with Gasteiger partial charge >= 0.3 is 0 Å². The van der Waals surface area contributed by atoms with E-state index in [1.807, 2.05) is 0 Å². The van der Waals surface area contributed by atoms with Crippen LogP contribution in [-0.4, -0.2) is 12.6 Å². The van der Waals surface area contributed by atoms with Crippen LogP contribution in [0.1, 0.15) is 26.7 Å². The molecule has 1 N–H and O–H groups in total. The van der Waals surface area contributed by atoms with Gasteiger partial charge in [0.05, 0.1) is 0 Å². The minimum absolute atomic E-state index is 0.483. The standard InChI is InChI=1S/C11H19N/c1-4-5-6-8-9-7-11(2,12-3)10(8)9/h4-5,8-10,12H,6-7H2,1-3H3/b5-4-. The molecule has 2 rings (SSSR count). The SMILES string of the molecule is C/C=C\CC1C2CC(C)(NC)C12. The summed E-state index contributed by atoms with van der Waals surface area (Å²) in [5.74, 6) is 3.04. The third kappa shape index (κ3) is 0.957. The number of hydrogen-bond donors (Lipinski definition) is 1. The van der Waals surface area contributed by atoms with Crippen LogP contribution in [0.4, 0.5) is 0 Å². The zero-order chi connectivity index (χ0) is 8.77. The van der Waals surface area contributed by atoms with Crippen LogP contribution < -0.4 is 5.32 Å². The molecule has 12 heavy (non-hydrogen) atoms. The Morgan fingerprint density at radius 2 is 2.33 bits per heavy atom. The predicted molar refractivity (Wildman–Crippen MR) is 52.0 cm³/mol. The maximum atomic E-state index is 3.45. The van der Waals surface area contributed by atoms with E-state index >= 15 is 0 Å². The van der Waals surface area contributed by atoms with Crippen LogP contribution in [0, 0.1) is 17.8 Å². The van der Waals surface area contributed by atoms with E-state index in [4.69, 9.17) is 0 Å². The van der Waals surface area contributed by atoms with Gasteiger partial charge in [-0.05, 0) is 51.5 Å². The van der Waals surface area contributed by atoms with Gasteiger partial charge in [-0.2, -0.15) is 0 Å². The van der Waals surface area contributed by atoms with Crippen molar-refractivity contribution in [1.29, 1.82) is 0 Å². The van der Waals surface area contributed by atoms with E-state index in [9.17, 15) is 0 Å². The third-order valence-corrected chi connectivity index (χ3v) is 3.94. The van der Waals surface area contributed by atoms with Crippen molar-refractivity contribution in [3.63, 3.8) is 0 Å². The van der Waals surface area contributed by atoms with Crippen LogP contribution in [0.5, 0.6) is 0 Å². The average Bonchev–Trinajstić information content (AvgIpc) is 2.67. The van der Waals surface area contributed by atoms with Crippen molar-refractivity contribution in [2.24, 2.45) is 17.8 Å². The van der Waals surface area contributed by atoms with E-state index in [0.29, 0.717) is 5.54 Å². The van der Waals surface area contributed by atoms with Gasteiger partial charge in [-0.15, -0.1) is 0 Å². The van der Waals surface area contributed by atoms with Crippen molar-refractivity contribution in [3.8, 4) is 0 Å². The van der Waals surface area contributed by atoms with E-state index in [0.717, 1.165) is 17.8 Å². The molecule has 0 radical (unpaired) electrons. The molecular weight excluding hydrogens is 146 g/mol. The van der Waals surface area contributed by atoms with Crippen LogP contribution >= 0.6 is 0 Å². The molecule has 0 amide bonds. The number of hydrogen-bond acceptors (Lipinski definition) is 1. The lowest BCUT2D eigenvalue weighted by atomic mass is 9.79. The summed E-state index contributed by atoms with van der Waals surface area (Å²) >= 11 is 0. The number of allylic oxidation sites excluding steroid dienone is 2. The lowest BCUT2D eigenvalue weighted by Crippen LogP contribution is -2.48. The van der Waals surface area contributed by atoms with Crippen LogP contribution in [0.25, 0.3) is 0 Å². The van der Waals surface area contributed by atoms with Crippen LogP contribution in [0.15, 0.2) is 12.2 Å². The number of fused-ring (bicyclic) bond motifs is 1. The second kappa shape index (κ2) is 2.59. The van der Waals surface area contributed by atoms with E-state index in [1.165, 1.54) is 12.8 Å². The molecule has 2 saturated carbocycles. The fourth-order valence-corrected chi connectivity index (χ4v) is 3.02. The predicted octanol–water partition coefficient (Wildman–Crippen LogP) is 2.20. The van der Waals surface area contributed by atoms with Gasteiger partial charge in [0, 0.05) is 5.54 Å².